The van der Waals surface area contributed by atoms with Crippen molar-refractivity contribution in [2.75, 3.05) is 13.2 Å². The normalized spacial score (nSPS) is 12.9. The first-order valence-corrected chi connectivity index (χ1v) is 7.59. The highest BCUT2D eigenvalue weighted by molar-refractivity contribution is 6.31. The molecule has 0 saturated heterocycles. The van der Waals surface area contributed by atoms with E-state index in [0.29, 0.717) is 0 Å². The van der Waals surface area contributed by atoms with Crippen LogP contribution in [-0.4, -0.2) is 29.0 Å². The van der Waals surface area contributed by atoms with E-state index in [9.17, 15) is 0 Å². The maximum atomic E-state index is 6.37. The fourth-order valence-corrected chi connectivity index (χ4v) is 2.50. The van der Waals surface area contributed by atoms with E-state index in [-0.39, 0.29) is 6.04 Å². The Hall–Kier alpha value is -0.580. The first-order chi connectivity index (χ1) is 9.13. The van der Waals surface area contributed by atoms with Gasteiger partial charge in [0.05, 0.1) is 16.4 Å². The first-order valence-electron chi connectivity index (χ1n) is 7.21. The van der Waals surface area contributed by atoms with E-state index in [2.05, 4.69) is 18.9 Å². The quantitative estimate of drug-likeness (QED) is 0.711. The molecule has 2 N–H and O–H groups in total. The van der Waals surface area contributed by atoms with Crippen LogP contribution >= 0.6 is 11.6 Å². The second-order valence-electron chi connectivity index (χ2n) is 4.68. The molecule has 0 aromatic carbocycles. The molecule has 110 valence electrons. The minimum atomic E-state index is 0.115. The van der Waals surface area contributed by atoms with Crippen LogP contribution < -0.4 is 5.73 Å². The van der Waals surface area contributed by atoms with Crippen LogP contribution in [0.1, 0.15) is 45.0 Å². The Kier molecular flexibility index (Phi) is 7.42. The summed E-state index contributed by atoms with van der Waals surface area (Å²) in [5.41, 5.74) is 8.22. The molecule has 5 heteroatoms. The largest absolute Gasteiger partial charge is 0.382 e. The molecule has 0 aliphatic carbocycles. The number of hydrogen-bond donors (Lipinski definition) is 1. The minimum absolute atomic E-state index is 0.115. The van der Waals surface area contributed by atoms with Crippen molar-refractivity contribution in [2.24, 2.45) is 5.73 Å². The molecule has 0 radical (unpaired) electrons. The summed E-state index contributed by atoms with van der Waals surface area (Å²) >= 11 is 6.37. The molecule has 1 aromatic heterocycles. The van der Waals surface area contributed by atoms with Crippen molar-refractivity contribution >= 4 is 11.6 Å². The van der Waals surface area contributed by atoms with Gasteiger partial charge >= 0.3 is 0 Å². The molecule has 0 saturated carbocycles. The smallest absolute Gasteiger partial charge is 0.0850 e. The van der Waals surface area contributed by atoms with Gasteiger partial charge in [-0.1, -0.05) is 18.5 Å². The highest BCUT2D eigenvalue weighted by atomic mass is 35.5. The molecule has 0 aliphatic heterocycles. The fourth-order valence-electron chi connectivity index (χ4n) is 2.15. The number of aryl methyl sites for hydroxylation is 2. The van der Waals surface area contributed by atoms with Crippen molar-refractivity contribution in [3.63, 3.8) is 0 Å². The van der Waals surface area contributed by atoms with Crippen molar-refractivity contribution in [1.82, 2.24) is 9.78 Å². The van der Waals surface area contributed by atoms with Crippen LogP contribution in [0, 0.1) is 0 Å². The molecule has 1 heterocycles. The van der Waals surface area contributed by atoms with Crippen molar-refractivity contribution in [2.45, 2.75) is 59.0 Å². The van der Waals surface area contributed by atoms with E-state index in [0.717, 1.165) is 61.9 Å². The summed E-state index contributed by atoms with van der Waals surface area (Å²) in [7, 11) is 0. The summed E-state index contributed by atoms with van der Waals surface area (Å²) in [6.07, 6.45) is 3.59. The number of hydrogen-bond acceptors (Lipinski definition) is 3. The van der Waals surface area contributed by atoms with E-state index < -0.39 is 0 Å². The van der Waals surface area contributed by atoms with Crippen LogP contribution in [0.15, 0.2) is 0 Å². The molecule has 0 fully saturated rings. The van der Waals surface area contributed by atoms with Crippen molar-refractivity contribution in [3.8, 4) is 0 Å². The lowest BCUT2D eigenvalue weighted by molar-refractivity contribution is 0.142. The van der Waals surface area contributed by atoms with Crippen molar-refractivity contribution < 1.29 is 4.74 Å². The SMILES string of the molecule is CCOCCCC(N)Cc1c(Cl)c(CC)nn1CC. The highest BCUT2D eigenvalue weighted by Crippen LogP contribution is 2.23. The van der Waals surface area contributed by atoms with E-state index in [1.54, 1.807) is 0 Å². The van der Waals surface area contributed by atoms with Crippen LogP contribution in [0.2, 0.25) is 5.02 Å². The predicted molar refractivity (Wildman–Crippen MR) is 79.7 cm³/mol. The third kappa shape index (κ3) is 4.79. The zero-order valence-corrected chi connectivity index (χ0v) is 13.0. The van der Waals surface area contributed by atoms with Gasteiger partial charge in [-0.15, -0.1) is 0 Å². The second kappa shape index (κ2) is 8.56. The van der Waals surface area contributed by atoms with Gasteiger partial charge in [0.1, 0.15) is 0 Å². The molecule has 19 heavy (non-hydrogen) atoms. The molecule has 1 unspecified atom stereocenters. The summed E-state index contributed by atoms with van der Waals surface area (Å²) in [6.45, 7) is 8.54. The summed E-state index contributed by atoms with van der Waals surface area (Å²) in [5, 5.41) is 5.31. The van der Waals surface area contributed by atoms with E-state index >= 15 is 0 Å². The van der Waals surface area contributed by atoms with Gasteiger partial charge in [0.2, 0.25) is 0 Å². The van der Waals surface area contributed by atoms with Gasteiger partial charge in [-0.25, -0.2) is 0 Å². The van der Waals surface area contributed by atoms with E-state index in [4.69, 9.17) is 22.1 Å². The minimum Gasteiger partial charge on any atom is -0.382 e. The average Bonchev–Trinajstić information content (AvgIpc) is 2.71. The zero-order valence-electron chi connectivity index (χ0n) is 12.3. The predicted octanol–water partition coefficient (Wildman–Crippen LogP) is 2.81. The van der Waals surface area contributed by atoms with Crippen LogP contribution in [0.3, 0.4) is 0 Å². The van der Waals surface area contributed by atoms with E-state index in [1.165, 1.54) is 0 Å². The van der Waals surface area contributed by atoms with Crippen LogP contribution in [0.5, 0.6) is 0 Å². The lowest BCUT2D eigenvalue weighted by Gasteiger charge is -2.13. The van der Waals surface area contributed by atoms with Gasteiger partial charge in [0.15, 0.2) is 0 Å². The number of aromatic nitrogens is 2. The molecule has 0 bridgehead atoms. The maximum Gasteiger partial charge on any atom is 0.0850 e. The third-order valence-corrected chi connectivity index (χ3v) is 3.65. The molecule has 0 amide bonds. The summed E-state index contributed by atoms with van der Waals surface area (Å²) in [6, 6.07) is 0.115. The molecular formula is C14H26ClN3O. The average molecular weight is 288 g/mol. The number of nitrogens with two attached hydrogens (primary N) is 1. The Morgan fingerprint density at radius 3 is 2.68 bits per heavy atom. The summed E-state index contributed by atoms with van der Waals surface area (Å²) < 4.78 is 7.30. The summed E-state index contributed by atoms with van der Waals surface area (Å²) in [5.74, 6) is 0. The van der Waals surface area contributed by atoms with Crippen molar-refractivity contribution in [3.05, 3.63) is 16.4 Å². The standard InChI is InChI=1S/C14H26ClN3O/c1-4-12-14(15)13(18(5-2)17-12)10-11(16)8-7-9-19-6-3/h11H,4-10,16H2,1-3H3. The maximum absolute atomic E-state index is 6.37. The molecular weight excluding hydrogens is 262 g/mol. The Bertz CT molecular complexity index is 379. The zero-order chi connectivity index (χ0) is 14.3. The van der Waals surface area contributed by atoms with Gasteiger partial charge in [0, 0.05) is 32.2 Å². The number of ether oxygens (including phenoxy) is 1. The Morgan fingerprint density at radius 1 is 1.37 bits per heavy atom. The topological polar surface area (TPSA) is 53.1 Å². The lowest BCUT2D eigenvalue weighted by Crippen LogP contribution is -2.25. The first kappa shape index (κ1) is 16.5. The molecule has 0 aliphatic rings. The molecule has 0 spiro atoms. The summed E-state index contributed by atoms with van der Waals surface area (Å²) in [4.78, 5) is 0. The van der Waals surface area contributed by atoms with Gasteiger partial charge < -0.3 is 10.5 Å². The lowest BCUT2D eigenvalue weighted by atomic mass is 10.1. The second-order valence-corrected chi connectivity index (χ2v) is 5.06. The number of halogens is 1. The van der Waals surface area contributed by atoms with Crippen LogP contribution in [-0.2, 0) is 24.1 Å². The molecule has 1 atom stereocenters. The molecule has 1 rings (SSSR count). The Morgan fingerprint density at radius 2 is 2.11 bits per heavy atom. The fraction of sp³-hybridized carbons (Fsp3) is 0.786. The monoisotopic (exact) mass is 287 g/mol. The van der Waals surface area contributed by atoms with Crippen LogP contribution in [0.25, 0.3) is 0 Å². The Balaban J connectivity index is 2.57. The van der Waals surface area contributed by atoms with Crippen molar-refractivity contribution in [1.29, 1.82) is 0 Å². The molecule has 4 nitrogen and oxygen atoms in total. The van der Waals surface area contributed by atoms with Gasteiger partial charge in [-0.3, -0.25) is 4.68 Å². The van der Waals surface area contributed by atoms with Crippen LogP contribution in [0.4, 0.5) is 0 Å². The van der Waals surface area contributed by atoms with E-state index in [1.807, 2.05) is 11.6 Å². The number of nitrogens with zero attached hydrogens (tertiary/aromatic N) is 2. The van der Waals surface area contributed by atoms with Gasteiger partial charge in [0.25, 0.3) is 0 Å². The van der Waals surface area contributed by atoms with Gasteiger partial charge in [-0.2, -0.15) is 5.10 Å². The van der Waals surface area contributed by atoms with Gasteiger partial charge in [-0.05, 0) is 33.1 Å². The third-order valence-electron chi connectivity index (χ3n) is 3.22. The molecule has 1 aromatic rings. The highest BCUT2D eigenvalue weighted by Gasteiger charge is 2.16. The number of rotatable bonds is 9. The Labute approximate surface area is 121 Å².